The van der Waals surface area contributed by atoms with Gasteiger partial charge in [0.2, 0.25) is 0 Å². The average molecular weight is 237 g/mol. The Hall–Kier alpha value is -1.42. The standard InChI is InChI=1S/C13H16FNO2/c14-12-4-2-1-3-11(12)13(17)15-8-9-5-6-10(16)7-9/h1-4,9-10,16H,5-8H2,(H,15,17). The van der Waals surface area contributed by atoms with Crippen LogP contribution >= 0.6 is 0 Å². The van der Waals surface area contributed by atoms with E-state index in [0.29, 0.717) is 12.5 Å². The summed E-state index contributed by atoms with van der Waals surface area (Å²) in [5.74, 6) is -0.582. The van der Waals surface area contributed by atoms with Crippen molar-refractivity contribution in [3.63, 3.8) is 0 Å². The van der Waals surface area contributed by atoms with E-state index in [1.807, 2.05) is 0 Å². The molecular weight excluding hydrogens is 221 g/mol. The number of amides is 1. The molecule has 92 valence electrons. The summed E-state index contributed by atoms with van der Waals surface area (Å²) in [6.07, 6.45) is 2.18. The van der Waals surface area contributed by atoms with Crippen molar-refractivity contribution in [2.24, 2.45) is 5.92 Å². The average Bonchev–Trinajstić information content (AvgIpc) is 2.73. The maximum Gasteiger partial charge on any atom is 0.254 e. The van der Waals surface area contributed by atoms with Crippen LogP contribution in [0.4, 0.5) is 4.39 Å². The molecule has 4 heteroatoms. The third kappa shape index (κ3) is 3.03. The molecule has 0 heterocycles. The summed E-state index contributed by atoms with van der Waals surface area (Å²) in [6, 6.07) is 5.93. The molecule has 1 fully saturated rings. The van der Waals surface area contributed by atoms with E-state index in [1.165, 1.54) is 12.1 Å². The first-order valence-corrected chi connectivity index (χ1v) is 5.87. The molecule has 0 radical (unpaired) electrons. The van der Waals surface area contributed by atoms with E-state index >= 15 is 0 Å². The van der Waals surface area contributed by atoms with Gasteiger partial charge in [0.05, 0.1) is 11.7 Å². The van der Waals surface area contributed by atoms with E-state index < -0.39 is 5.82 Å². The van der Waals surface area contributed by atoms with E-state index in [9.17, 15) is 14.3 Å². The Morgan fingerprint density at radius 1 is 1.41 bits per heavy atom. The van der Waals surface area contributed by atoms with Crippen molar-refractivity contribution in [3.8, 4) is 0 Å². The summed E-state index contributed by atoms with van der Waals surface area (Å²) < 4.78 is 13.3. The maximum atomic E-state index is 13.3. The molecule has 1 aliphatic rings. The van der Waals surface area contributed by atoms with Crippen LogP contribution in [0.25, 0.3) is 0 Å². The Labute approximate surface area is 99.7 Å². The lowest BCUT2D eigenvalue weighted by Gasteiger charge is -2.11. The Kier molecular flexibility index (Phi) is 3.74. The van der Waals surface area contributed by atoms with Crippen molar-refractivity contribution < 1.29 is 14.3 Å². The summed E-state index contributed by atoms with van der Waals surface area (Å²) in [7, 11) is 0. The fraction of sp³-hybridized carbons (Fsp3) is 0.462. The van der Waals surface area contributed by atoms with Gasteiger partial charge in [-0.25, -0.2) is 4.39 Å². The predicted octanol–water partition coefficient (Wildman–Crippen LogP) is 1.72. The molecule has 3 nitrogen and oxygen atoms in total. The summed E-state index contributed by atoms with van der Waals surface area (Å²) in [5.41, 5.74) is 0.0750. The van der Waals surface area contributed by atoms with Crippen molar-refractivity contribution in [2.75, 3.05) is 6.54 Å². The van der Waals surface area contributed by atoms with Crippen LogP contribution < -0.4 is 5.32 Å². The number of nitrogens with one attached hydrogen (secondary N) is 1. The smallest absolute Gasteiger partial charge is 0.254 e. The van der Waals surface area contributed by atoms with Crippen molar-refractivity contribution in [3.05, 3.63) is 35.6 Å². The van der Waals surface area contributed by atoms with Gasteiger partial charge in [0.1, 0.15) is 5.82 Å². The molecule has 2 atom stereocenters. The minimum atomic E-state index is -0.503. The molecule has 0 aliphatic heterocycles. The van der Waals surface area contributed by atoms with Gasteiger partial charge in [0, 0.05) is 6.54 Å². The number of carbonyl (C=O) groups is 1. The molecule has 0 saturated heterocycles. The minimum Gasteiger partial charge on any atom is -0.393 e. The molecule has 1 aliphatic carbocycles. The lowest BCUT2D eigenvalue weighted by molar-refractivity contribution is 0.0941. The van der Waals surface area contributed by atoms with E-state index in [2.05, 4.69) is 5.32 Å². The number of halogens is 1. The van der Waals surface area contributed by atoms with Gasteiger partial charge in [-0.1, -0.05) is 12.1 Å². The molecule has 0 aromatic heterocycles. The molecule has 17 heavy (non-hydrogen) atoms. The number of hydrogen-bond donors (Lipinski definition) is 2. The van der Waals surface area contributed by atoms with Crippen molar-refractivity contribution >= 4 is 5.91 Å². The van der Waals surface area contributed by atoms with Crippen LogP contribution in [-0.4, -0.2) is 23.7 Å². The van der Waals surface area contributed by atoms with Crippen LogP contribution in [0.3, 0.4) is 0 Å². The third-order valence-electron chi connectivity index (χ3n) is 3.18. The van der Waals surface area contributed by atoms with Gasteiger partial charge >= 0.3 is 0 Å². The zero-order valence-electron chi connectivity index (χ0n) is 9.53. The van der Waals surface area contributed by atoms with Gasteiger partial charge in [-0.2, -0.15) is 0 Å². The van der Waals surface area contributed by atoms with Crippen LogP contribution in [0, 0.1) is 11.7 Å². The highest BCUT2D eigenvalue weighted by atomic mass is 19.1. The molecule has 2 unspecified atom stereocenters. The second-order valence-corrected chi connectivity index (χ2v) is 4.52. The van der Waals surface area contributed by atoms with E-state index in [0.717, 1.165) is 19.3 Å². The highest BCUT2D eigenvalue weighted by Crippen LogP contribution is 2.24. The van der Waals surface area contributed by atoms with Gasteiger partial charge in [-0.3, -0.25) is 4.79 Å². The molecule has 0 spiro atoms. The lowest BCUT2D eigenvalue weighted by Crippen LogP contribution is -2.29. The fourth-order valence-electron chi connectivity index (χ4n) is 2.21. The van der Waals surface area contributed by atoms with Crippen LogP contribution in [0.1, 0.15) is 29.6 Å². The number of benzene rings is 1. The first-order valence-electron chi connectivity index (χ1n) is 5.87. The zero-order chi connectivity index (χ0) is 12.3. The summed E-state index contributed by atoms with van der Waals surface area (Å²) in [6.45, 7) is 0.504. The van der Waals surface area contributed by atoms with Crippen molar-refractivity contribution in [2.45, 2.75) is 25.4 Å². The van der Waals surface area contributed by atoms with Crippen LogP contribution in [0.2, 0.25) is 0 Å². The molecule has 2 rings (SSSR count). The third-order valence-corrected chi connectivity index (χ3v) is 3.18. The van der Waals surface area contributed by atoms with Crippen molar-refractivity contribution in [1.82, 2.24) is 5.32 Å². The van der Waals surface area contributed by atoms with Crippen LogP contribution in [0.15, 0.2) is 24.3 Å². The van der Waals surface area contributed by atoms with Gasteiger partial charge in [0.25, 0.3) is 5.91 Å². The number of aliphatic hydroxyl groups excluding tert-OH is 1. The monoisotopic (exact) mass is 237 g/mol. The molecule has 1 aromatic carbocycles. The summed E-state index contributed by atoms with van der Waals surface area (Å²) >= 11 is 0. The van der Waals surface area contributed by atoms with Gasteiger partial charge < -0.3 is 10.4 Å². The van der Waals surface area contributed by atoms with Gasteiger partial charge in [-0.15, -0.1) is 0 Å². The Morgan fingerprint density at radius 2 is 2.18 bits per heavy atom. The molecule has 2 N–H and O–H groups in total. The van der Waals surface area contributed by atoms with Gasteiger partial charge in [-0.05, 0) is 37.3 Å². The van der Waals surface area contributed by atoms with Crippen LogP contribution in [0.5, 0.6) is 0 Å². The lowest BCUT2D eigenvalue weighted by atomic mass is 10.1. The fourth-order valence-corrected chi connectivity index (χ4v) is 2.21. The quantitative estimate of drug-likeness (QED) is 0.841. The SMILES string of the molecule is O=C(NCC1CCC(O)C1)c1ccccc1F. The highest BCUT2D eigenvalue weighted by molar-refractivity contribution is 5.94. The first kappa shape index (κ1) is 12.0. The van der Waals surface area contributed by atoms with E-state index in [1.54, 1.807) is 12.1 Å². The summed E-state index contributed by atoms with van der Waals surface area (Å²) in [4.78, 5) is 11.7. The Balaban J connectivity index is 1.88. The van der Waals surface area contributed by atoms with Crippen LogP contribution in [-0.2, 0) is 0 Å². The Morgan fingerprint density at radius 3 is 2.82 bits per heavy atom. The Bertz CT molecular complexity index is 408. The van der Waals surface area contributed by atoms with E-state index in [4.69, 9.17) is 0 Å². The van der Waals surface area contributed by atoms with E-state index in [-0.39, 0.29) is 17.6 Å². The highest BCUT2D eigenvalue weighted by Gasteiger charge is 2.23. The second-order valence-electron chi connectivity index (χ2n) is 4.52. The largest absolute Gasteiger partial charge is 0.393 e. The molecule has 0 bridgehead atoms. The maximum absolute atomic E-state index is 13.3. The van der Waals surface area contributed by atoms with Crippen molar-refractivity contribution in [1.29, 1.82) is 0 Å². The number of rotatable bonds is 3. The molecule has 1 saturated carbocycles. The van der Waals surface area contributed by atoms with Gasteiger partial charge in [0.15, 0.2) is 0 Å². The number of hydrogen-bond acceptors (Lipinski definition) is 2. The topological polar surface area (TPSA) is 49.3 Å². The first-order chi connectivity index (χ1) is 8.16. The molecule has 1 amide bonds. The molecule has 1 aromatic rings. The number of carbonyl (C=O) groups excluding carboxylic acids is 1. The minimum absolute atomic E-state index is 0.0750. The molecular formula is C13H16FNO2. The zero-order valence-corrected chi connectivity index (χ0v) is 9.53. The normalized spacial score (nSPS) is 23.6. The second kappa shape index (κ2) is 5.27. The number of aliphatic hydroxyl groups is 1. The predicted molar refractivity (Wildman–Crippen MR) is 62.1 cm³/mol. The summed E-state index contributed by atoms with van der Waals surface area (Å²) in [5, 5.41) is 12.1.